The Bertz CT molecular complexity index is 249. The van der Waals surface area contributed by atoms with Gasteiger partial charge >= 0.3 is 0 Å². The van der Waals surface area contributed by atoms with Crippen LogP contribution in [0.2, 0.25) is 0 Å². The summed E-state index contributed by atoms with van der Waals surface area (Å²) in [6.45, 7) is 8.31. The smallest absolute Gasteiger partial charge is 0.135 e. The van der Waals surface area contributed by atoms with Crippen LogP contribution in [0.5, 0.6) is 0 Å². The van der Waals surface area contributed by atoms with E-state index in [0.717, 1.165) is 24.9 Å². The van der Waals surface area contributed by atoms with E-state index < -0.39 is 0 Å². The van der Waals surface area contributed by atoms with E-state index in [2.05, 4.69) is 25.8 Å². The molecule has 17 heavy (non-hydrogen) atoms. The van der Waals surface area contributed by atoms with Crippen LogP contribution in [0.1, 0.15) is 46.5 Å². The Morgan fingerprint density at radius 2 is 2.06 bits per heavy atom. The van der Waals surface area contributed by atoms with Crippen molar-refractivity contribution in [2.75, 3.05) is 13.3 Å². The van der Waals surface area contributed by atoms with Gasteiger partial charge in [-0.1, -0.05) is 40.0 Å². The number of hydroxylamine groups is 2. The van der Waals surface area contributed by atoms with Gasteiger partial charge in [-0.3, -0.25) is 9.83 Å². The zero-order valence-electron chi connectivity index (χ0n) is 11.4. The number of aliphatic imine (C=N–C) groups is 1. The summed E-state index contributed by atoms with van der Waals surface area (Å²) in [7, 11) is 0. The van der Waals surface area contributed by atoms with Gasteiger partial charge in [0.15, 0.2) is 0 Å². The monoisotopic (exact) mass is 238 g/mol. The molecule has 0 N–H and O–H groups in total. The SMILES string of the molecule is CC(C)CCCC(C)CCON1C=CC=NC1. The molecule has 0 bridgehead atoms. The van der Waals surface area contributed by atoms with Crippen LogP contribution in [0, 0.1) is 11.8 Å². The van der Waals surface area contributed by atoms with E-state index in [1.807, 2.05) is 12.3 Å². The van der Waals surface area contributed by atoms with Crippen LogP contribution < -0.4 is 0 Å². The quantitative estimate of drug-likeness (QED) is 0.645. The molecule has 0 radical (unpaired) electrons. The zero-order chi connectivity index (χ0) is 12.5. The predicted octanol–water partition coefficient (Wildman–Crippen LogP) is 3.63. The van der Waals surface area contributed by atoms with Gasteiger partial charge in [0.25, 0.3) is 0 Å². The summed E-state index contributed by atoms with van der Waals surface area (Å²) in [5.41, 5.74) is 0. The van der Waals surface area contributed by atoms with Crippen LogP contribution >= 0.6 is 0 Å². The minimum absolute atomic E-state index is 0.623. The first-order valence-corrected chi connectivity index (χ1v) is 6.74. The van der Waals surface area contributed by atoms with Crippen LogP contribution in [0.25, 0.3) is 0 Å². The van der Waals surface area contributed by atoms with E-state index in [4.69, 9.17) is 4.84 Å². The van der Waals surface area contributed by atoms with Crippen LogP contribution in [0.15, 0.2) is 17.3 Å². The number of rotatable bonds is 8. The third-order valence-electron chi connectivity index (χ3n) is 3.01. The van der Waals surface area contributed by atoms with E-state index in [0.29, 0.717) is 6.67 Å². The lowest BCUT2D eigenvalue weighted by molar-refractivity contribution is -0.122. The van der Waals surface area contributed by atoms with Crippen LogP contribution in [0.3, 0.4) is 0 Å². The number of allylic oxidation sites excluding steroid dienone is 1. The van der Waals surface area contributed by atoms with Crippen molar-refractivity contribution in [2.45, 2.75) is 46.5 Å². The molecule has 1 aliphatic heterocycles. The van der Waals surface area contributed by atoms with Crippen molar-refractivity contribution < 1.29 is 4.84 Å². The molecule has 0 saturated heterocycles. The average Bonchev–Trinajstić information content (AvgIpc) is 2.30. The molecule has 1 rings (SSSR count). The Hall–Kier alpha value is -0.830. The first-order valence-electron chi connectivity index (χ1n) is 6.74. The lowest BCUT2D eigenvalue weighted by Gasteiger charge is -2.20. The summed E-state index contributed by atoms with van der Waals surface area (Å²) in [5.74, 6) is 1.58. The molecule has 98 valence electrons. The Kier molecular flexibility index (Phi) is 6.94. The molecule has 1 unspecified atom stereocenters. The number of hydrogen-bond donors (Lipinski definition) is 0. The van der Waals surface area contributed by atoms with E-state index in [1.54, 1.807) is 11.3 Å². The zero-order valence-corrected chi connectivity index (χ0v) is 11.4. The summed E-state index contributed by atoms with van der Waals surface area (Å²) in [6.07, 6.45) is 10.8. The van der Waals surface area contributed by atoms with E-state index in [1.165, 1.54) is 19.3 Å². The summed E-state index contributed by atoms with van der Waals surface area (Å²) in [5, 5.41) is 1.79. The molecule has 1 atom stereocenters. The van der Waals surface area contributed by atoms with Gasteiger partial charge in [0.2, 0.25) is 0 Å². The van der Waals surface area contributed by atoms with Gasteiger partial charge in [0.1, 0.15) is 6.67 Å². The second kappa shape index (κ2) is 8.29. The molecule has 3 nitrogen and oxygen atoms in total. The Morgan fingerprint density at radius 3 is 2.71 bits per heavy atom. The van der Waals surface area contributed by atoms with E-state index in [9.17, 15) is 0 Å². The Morgan fingerprint density at radius 1 is 1.24 bits per heavy atom. The molecule has 0 aromatic heterocycles. The van der Waals surface area contributed by atoms with E-state index in [-0.39, 0.29) is 0 Å². The van der Waals surface area contributed by atoms with Crippen molar-refractivity contribution in [2.24, 2.45) is 16.8 Å². The maximum Gasteiger partial charge on any atom is 0.135 e. The highest BCUT2D eigenvalue weighted by Gasteiger charge is 2.05. The molecule has 0 aliphatic carbocycles. The predicted molar refractivity (Wildman–Crippen MR) is 72.8 cm³/mol. The van der Waals surface area contributed by atoms with Gasteiger partial charge in [-0.05, 0) is 24.3 Å². The highest BCUT2D eigenvalue weighted by molar-refractivity contribution is 5.71. The second-order valence-electron chi connectivity index (χ2n) is 5.28. The molecule has 0 fully saturated rings. The van der Waals surface area contributed by atoms with Crippen molar-refractivity contribution in [1.29, 1.82) is 0 Å². The lowest BCUT2D eigenvalue weighted by Crippen LogP contribution is -2.21. The molecular weight excluding hydrogens is 212 g/mol. The fourth-order valence-corrected chi connectivity index (χ4v) is 1.84. The summed E-state index contributed by atoms with van der Waals surface area (Å²) >= 11 is 0. The minimum atomic E-state index is 0.623. The summed E-state index contributed by atoms with van der Waals surface area (Å²) in [6, 6.07) is 0. The number of nitrogens with zero attached hydrogens (tertiary/aromatic N) is 2. The summed E-state index contributed by atoms with van der Waals surface area (Å²) < 4.78 is 0. The third kappa shape index (κ3) is 7.16. The molecule has 3 heteroatoms. The van der Waals surface area contributed by atoms with Crippen LogP contribution in [-0.2, 0) is 4.84 Å². The normalized spacial score (nSPS) is 16.8. The molecule has 0 aromatic rings. The molecule has 0 amide bonds. The van der Waals surface area contributed by atoms with Crippen molar-refractivity contribution in [3.8, 4) is 0 Å². The fraction of sp³-hybridized carbons (Fsp3) is 0.786. The molecular formula is C14H26N2O. The molecule has 0 spiro atoms. The maximum atomic E-state index is 5.61. The first-order chi connectivity index (χ1) is 8.18. The van der Waals surface area contributed by atoms with Gasteiger partial charge in [0.05, 0.1) is 6.61 Å². The van der Waals surface area contributed by atoms with Crippen molar-refractivity contribution in [3.05, 3.63) is 12.3 Å². The van der Waals surface area contributed by atoms with Crippen LogP contribution in [-0.4, -0.2) is 24.6 Å². The second-order valence-corrected chi connectivity index (χ2v) is 5.28. The van der Waals surface area contributed by atoms with E-state index >= 15 is 0 Å². The molecule has 0 aromatic carbocycles. The molecule has 0 saturated carbocycles. The third-order valence-corrected chi connectivity index (χ3v) is 3.01. The van der Waals surface area contributed by atoms with Gasteiger partial charge in [-0.15, -0.1) is 0 Å². The standard InChI is InChI=1S/C14H26N2O/c1-13(2)6-4-7-14(3)8-11-17-16-10-5-9-15-12-16/h5,9-10,13-14H,4,6-8,11-12H2,1-3H3. The van der Waals surface area contributed by atoms with Gasteiger partial charge in [-0.25, -0.2) is 5.06 Å². The lowest BCUT2D eigenvalue weighted by atomic mass is 9.98. The average molecular weight is 238 g/mol. The molecule has 1 aliphatic rings. The highest BCUT2D eigenvalue weighted by Crippen LogP contribution is 2.15. The van der Waals surface area contributed by atoms with Crippen LogP contribution in [0.4, 0.5) is 0 Å². The summed E-state index contributed by atoms with van der Waals surface area (Å²) in [4.78, 5) is 9.73. The first kappa shape index (κ1) is 14.2. The van der Waals surface area contributed by atoms with Crippen molar-refractivity contribution >= 4 is 6.21 Å². The van der Waals surface area contributed by atoms with Gasteiger partial charge in [-0.2, -0.15) is 0 Å². The number of hydrogen-bond acceptors (Lipinski definition) is 3. The maximum absolute atomic E-state index is 5.61. The van der Waals surface area contributed by atoms with Gasteiger partial charge < -0.3 is 0 Å². The molecule has 1 heterocycles. The fourth-order valence-electron chi connectivity index (χ4n) is 1.84. The highest BCUT2D eigenvalue weighted by atomic mass is 16.7. The largest absolute Gasteiger partial charge is 0.272 e. The Balaban J connectivity index is 1.98. The van der Waals surface area contributed by atoms with Crippen molar-refractivity contribution in [1.82, 2.24) is 5.06 Å². The minimum Gasteiger partial charge on any atom is -0.272 e. The Labute approximate surface area is 106 Å². The topological polar surface area (TPSA) is 24.8 Å². The van der Waals surface area contributed by atoms with Gasteiger partial charge in [0, 0.05) is 12.4 Å². The van der Waals surface area contributed by atoms with Crippen molar-refractivity contribution in [3.63, 3.8) is 0 Å².